The zero-order valence-electron chi connectivity index (χ0n) is 20.0. The summed E-state index contributed by atoms with van der Waals surface area (Å²) in [5, 5.41) is 9.40. The lowest BCUT2D eigenvalue weighted by atomic mass is 10.1. The Bertz CT molecular complexity index is 773. The molecular formula is C27H38O4. The maximum atomic E-state index is 11.5. The smallest absolute Gasteiger partial charge is 0.335 e. The Balaban J connectivity index is 2.69. The summed E-state index contributed by atoms with van der Waals surface area (Å²) in [6.07, 6.45) is 12.5. The van der Waals surface area contributed by atoms with Gasteiger partial charge in [0.2, 0.25) is 0 Å². The molecule has 0 aromatic heterocycles. The highest BCUT2D eigenvalue weighted by Gasteiger charge is 2.09. The van der Waals surface area contributed by atoms with Gasteiger partial charge in [0.05, 0.1) is 5.56 Å². The lowest BCUT2D eigenvalue weighted by Gasteiger charge is -2.10. The Morgan fingerprint density at radius 1 is 0.742 bits per heavy atom. The standard InChI is InChI=1S/C27H38O4/c1-20(2)9-7-11-22(5)13-15-30-25-17-24(27(28)29)18-26(19-25)31-16-14-23(6)12-8-10-21(3)4/h9-10,13-14,17-19H,7-8,11-12,15-16H2,1-6H3,(H,28,29)/b22-13+,23-14+. The summed E-state index contributed by atoms with van der Waals surface area (Å²) in [4.78, 5) is 11.5. The van der Waals surface area contributed by atoms with E-state index in [-0.39, 0.29) is 5.56 Å². The number of rotatable bonds is 13. The van der Waals surface area contributed by atoms with Gasteiger partial charge in [-0.3, -0.25) is 0 Å². The second kappa shape index (κ2) is 14.3. The minimum atomic E-state index is -1.00. The first-order chi connectivity index (χ1) is 14.7. The number of hydrogen-bond donors (Lipinski definition) is 1. The van der Waals surface area contributed by atoms with Crippen molar-refractivity contribution < 1.29 is 19.4 Å². The molecule has 0 bridgehead atoms. The molecule has 31 heavy (non-hydrogen) atoms. The van der Waals surface area contributed by atoms with Gasteiger partial charge in [-0.25, -0.2) is 4.79 Å². The van der Waals surface area contributed by atoms with Crippen LogP contribution < -0.4 is 9.47 Å². The molecule has 1 aromatic rings. The summed E-state index contributed by atoms with van der Waals surface area (Å²) in [5.41, 5.74) is 5.29. The minimum absolute atomic E-state index is 0.154. The van der Waals surface area contributed by atoms with Crippen molar-refractivity contribution >= 4 is 5.97 Å². The van der Waals surface area contributed by atoms with Gasteiger partial charge in [-0.2, -0.15) is 0 Å². The van der Waals surface area contributed by atoms with Crippen LogP contribution in [-0.2, 0) is 0 Å². The molecule has 0 saturated heterocycles. The number of carboxylic acid groups (broad SMARTS) is 1. The van der Waals surface area contributed by atoms with Crippen molar-refractivity contribution in [2.24, 2.45) is 0 Å². The molecule has 1 N–H and O–H groups in total. The third kappa shape index (κ3) is 12.5. The van der Waals surface area contributed by atoms with E-state index in [0.717, 1.165) is 25.7 Å². The van der Waals surface area contributed by atoms with Crippen LogP contribution in [0.2, 0.25) is 0 Å². The van der Waals surface area contributed by atoms with E-state index in [2.05, 4.69) is 53.7 Å². The molecule has 0 atom stereocenters. The highest BCUT2D eigenvalue weighted by Crippen LogP contribution is 2.24. The second-order valence-electron chi connectivity index (χ2n) is 8.36. The molecule has 0 aliphatic rings. The fraction of sp³-hybridized carbons (Fsp3) is 0.444. The van der Waals surface area contributed by atoms with Crippen LogP contribution in [0.15, 0.2) is 64.8 Å². The molecule has 0 heterocycles. The molecule has 0 fully saturated rings. The molecular weight excluding hydrogens is 388 g/mol. The van der Waals surface area contributed by atoms with Crippen LogP contribution in [0.5, 0.6) is 11.5 Å². The van der Waals surface area contributed by atoms with E-state index >= 15 is 0 Å². The van der Waals surface area contributed by atoms with Crippen molar-refractivity contribution in [3.63, 3.8) is 0 Å². The zero-order chi connectivity index (χ0) is 23.2. The highest BCUT2D eigenvalue weighted by molar-refractivity contribution is 5.88. The zero-order valence-corrected chi connectivity index (χ0v) is 20.0. The number of hydrogen-bond acceptors (Lipinski definition) is 3. The summed E-state index contributed by atoms with van der Waals surface area (Å²) < 4.78 is 11.6. The molecule has 1 aromatic carbocycles. The Labute approximate surface area is 188 Å². The van der Waals surface area contributed by atoms with Crippen molar-refractivity contribution in [1.82, 2.24) is 0 Å². The number of ether oxygens (including phenoxy) is 2. The second-order valence-corrected chi connectivity index (χ2v) is 8.36. The van der Waals surface area contributed by atoms with Gasteiger partial charge in [-0.15, -0.1) is 0 Å². The summed E-state index contributed by atoms with van der Waals surface area (Å²) in [7, 11) is 0. The van der Waals surface area contributed by atoms with E-state index in [4.69, 9.17) is 9.47 Å². The van der Waals surface area contributed by atoms with E-state index in [9.17, 15) is 9.90 Å². The van der Waals surface area contributed by atoms with Gasteiger partial charge < -0.3 is 14.6 Å². The lowest BCUT2D eigenvalue weighted by Crippen LogP contribution is -2.02. The molecule has 0 spiro atoms. The maximum Gasteiger partial charge on any atom is 0.335 e. The van der Waals surface area contributed by atoms with Crippen molar-refractivity contribution in [3.8, 4) is 11.5 Å². The van der Waals surface area contributed by atoms with Crippen molar-refractivity contribution in [3.05, 3.63) is 70.4 Å². The number of carbonyl (C=O) groups is 1. The van der Waals surface area contributed by atoms with E-state index < -0.39 is 5.97 Å². The van der Waals surface area contributed by atoms with Crippen molar-refractivity contribution in [2.75, 3.05) is 13.2 Å². The monoisotopic (exact) mass is 426 g/mol. The Kier molecular flexibility index (Phi) is 12.1. The SMILES string of the molecule is CC(C)=CCC/C(C)=C/COc1cc(OC/C=C(\C)CCC=C(C)C)cc(C(=O)O)c1. The van der Waals surface area contributed by atoms with Gasteiger partial charge in [-0.1, -0.05) is 34.4 Å². The average Bonchev–Trinajstić information content (AvgIpc) is 2.67. The van der Waals surface area contributed by atoms with E-state index in [1.54, 1.807) is 6.07 Å². The number of aromatic carboxylic acids is 1. The molecule has 4 heteroatoms. The largest absolute Gasteiger partial charge is 0.489 e. The first kappa shape index (κ1) is 26.3. The number of carboxylic acids is 1. The fourth-order valence-corrected chi connectivity index (χ4v) is 2.80. The van der Waals surface area contributed by atoms with Crippen LogP contribution >= 0.6 is 0 Å². The van der Waals surface area contributed by atoms with E-state index in [1.807, 2.05) is 12.2 Å². The van der Waals surface area contributed by atoms with Gasteiger partial charge in [0.15, 0.2) is 0 Å². The quantitative estimate of drug-likeness (QED) is 0.331. The first-order valence-corrected chi connectivity index (χ1v) is 10.9. The Hall–Kier alpha value is -2.75. The minimum Gasteiger partial charge on any atom is -0.489 e. The molecule has 0 unspecified atom stereocenters. The van der Waals surface area contributed by atoms with Crippen molar-refractivity contribution in [2.45, 2.75) is 67.2 Å². The summed E-state index contributed by atoms with van der Waals surface area (Å²) >= 11 is 0. The van der Waals surface area contributed by atoms with Gasteiger partial charge >= 0.3 is 5.97 Å². The van der Waals surface area contributed by atoms with Gasteiger partial charge in [-0.05, 0) is 91.5 Å². The van der Waals surface area contributed by atoms with Crippen LogP contribution in [0, 0.1) is 0 Å². The fourth-order valence-electron chi connectivity index (χ4n) is 2.80. The summed E-state index contributed by atoms with van der Waals surface area (Å²) in [5.74, 6) is -0.0165. The van der Waals surface area contributed by atoms with Crippen LogP contribution in [0.25, 0.3) is 0 Å². The predicted octanol–water partition coefficient (Wildman–Crippen LogP) is 7.53. The summed E-state index contributed by atoms with van der Waals surface area (Å²) in [6, 6.07) is 4.80. The normalized spacial score (nSPS) is 11.7. The maximum absolute atomic E-state index is 11.5. The van der Waals surface area contributed by atoms with Crippen LogP contribution in [-0.4, -0.2) is 24.3 Å². The Morgan fingerprint density at radius 3 is 1.52 bits per heavy atom. The average molecular weight is 427 g/mol. The first-order valence-electron chi connectivity index (χ1n) is 10.9. The third-order valence-corrected chi connectivity index (χ3v) is 4.67. The van der Waals surface area contributed by atoms with Gasteiger partial charge in [0.1, 0.15) is 24.7 Å². The van der Waals surface area contributed by atoms with Crippen LogP contribution in [0.3, 0.4) is 0 Å². The Morgan fingerprint density at radius 2 is 1.16 bits per heavy atom. The van der Waals surface area contributed by atoms with Gasteiger partial charge in [0.25, 0.3) is 0 Å². The molecule has 0 saturated carbocycles. The van der Waals surface area contributed by atoms with Gasteiger partial charge in [0, 0.05) is 6.07 Å². The molecule has 0 aliphatic heterocycles. The molecule has 0 amide bonds. The summed E-state index contributed by atoms with van der Waals surface area (Å²) in [6.45, 7) is 13.3. The molecule has 4 nitrogen and oxygen atoms in total. The lowest BCUT2D eigenvalue weighted by molar-refractivity contribution is 0.0696. The molecule has 170 valence electrons. The van der Waals surface area contributed by atoms with E-state index in [1.165, 1.54) is 34.4 Å². The third-order valence-electron chi connectivity index (χ3n) is 4.67. The van der Waals surface area contributed by atoms with Crippen molar-refractivity contribution in [1.29, 1.82) is 0 Å². The van der Waals surface area contributed by atoms with Crippen LogP contribution in [0.4, 0.5) is 0 Å². The molecule has 0 radical (unpaired) electrons. The molecule has 1 rings (SSSR count). The predicted molar refractivity (Wildman–Crippen MR) is 129 cm³/mol. The number of allylic oxidation sites excluding steroid dienone is 6. The number of benzene rings is 1. The highest BCUT2D eigenvalue weighted by atomic mass is 16.5. The molecule has 0 aliphatic carbocycles. The van der Waals surface area contributed by atoms with Crippen LogP contribution in [0.1, 0.15) is 77.6 Å². The topological polar surface area (TPSA) is 55.8 Å². The van der Waals surface area contributed by atoms with E-state index in [0.29, 0.717) is 24.7 Å².